The van der Waals surface area contributed by atoms with Crippen LogP contribution in [0.25, 0.3) is 22.0 Å². The van der Waals surface area contributed by atoms with E-state index < -0.39 is 9.73 Å². The summed E-state index contributed by atoms with van der Waals surface area (Å²) in [5, 5.41) is 4.57. The summed E-state index contributed by atoms with van der Waals surface area (Å²) in [6.45, 7) is 4.26. The fraction of sp³-hybridized carbons (Fsp3) is 0.480. The third-order valence-electron chi connectivity index (χ3n) is 7.10. The molecular weight excluding hydrogens is 420 g/mol. The molecule has 170 valence electrons. The molecule has 7 heteroatoms. The van der Waals surface area contributed by atoms with Crippen LogP contribution in [0, 0.1) is 17.6 Å². The second-order valence-electron chi connectivity index (χ2n) is 9.81. The maximum absolute atomic E-state index is 13.2. The number of nitrogens with zero attached hydrogens (tertiary/aromatic N) is 1. The molecule has 0 amide bonds. The standard InChI is InChI=1S/C25H32N4O2S/c1-15-4-6-17(7-5-15)28-23-11-10-19(32(26,31)18-8-9-18)13-20(23)22-14-29(3)25(30)24-21(22)12-16(2)27-24/h10-15,17-18,26-28H,4-9H2,1-3H3. The van der Waals surface area contributed by atoms with Gasteiger partial charge >= 0.3 is 0 Å². The number of H-pyrrole nitrogens is 1. The Morgan fingerprint density at radius 3 is 2.50 bits per heavy atom. The highest BCUT2D eigenvalue weighted by molar-refractivity contribution is 7.93. The summed E-state index contributed by atoms with van der Waals surface area (Å²) >= 11 is 0. The normalized spacial score (nSPS) is 23.2. The molecule has 2 aliphatic carbocycles. The van der Waals surface area contributed by atoms with Gasteiger partial charge in [-0.15, -0.1) is 0 Å². The summed E-state index contributed by atoms with van der Waals surface area (Å²) in [6.07, 6.45) is 8.28. The largest absolute Gasteiger partial charge is 0.382 e. The molecule has 0 radical (unpaired) electrons. The van der Waals surface area contributed by atoms with Crippen LogP contribution < -0.4 is 10.9 Å². The monoisotopic (exact) mass is 452 g/mol. The van der Waals surface area contributed by atoms with Crippen LogP contribution in [0.2, 0.25) is 0 Å². The van der Waals surface area contributed by atoms with Gasteiger partial charge in [0.1, 0.15) is 5.52 Å². The van der Waals surface area contributed by atoms with Crippen molar-refractivity contribution < 1.29 is 4.21 Å². The first kappa shape index (κ1) is 21.3. The van der Waals surface area contributed by atoms with E-state index in [0.717, 1.165) is 59.5 Å². The minimum absolute atomic E-state index is 0.0383. The Morgan fingerprint density at radius 1 is 1.09 bits per heavy atom. The zero-order valence-corrected chi connectivity index (χ0v) is 19.8. The van der Waals surface area contributed by atoms with Crippen LogP contribution in [-0.4, -0.2) is 25.1 Å². The summed E-state index contributed by atoms with van der Waals surface area (Å²) in [6, 6.07) is 8.20. The minimum Gasteiger partial charge on any atom is -0.382 e. The van der Waals surface area contributed by atoms with Crippen molar-refractivity contribution in [3.8, 4) is 11.1 Å². The number of aryl methyl sites for hydroxylation is 2. The first-order valence-electron chi connectivity index (χ1n) is 11.6. The van der Waals surface area contributed by atoms with Gasteiger partial charge in [0.2, 0.25) is 0 Å². The molecule has 1 unspecified atom stereocenters. The first-order chi connectivity index (χ1) is 15.2. The lowest BCUT2D eigenvalue weighted by Gasteiger charge is -2.29. The van der Waals surface area contributed by atoms with E-state index >= 15 is 0 Å². The van der Waals surface area contributed by atoms with Gasteiger partial charge in [-0.2, -0.15) is 0 Å². The molecule has 1 atom stereocenters. The third kappa shape index (κ3) is 3.76. The van der Waals surface area contributed by atoms with Crippen LogP contribution in [0.1, 0.15) is 51.1 Å². The van der Waals surface area contributed by atoms with Gasteiger partial charge < -0.3 is 14.9 Å². The van der Waals surface area contributed by atoms with E-state index in [2.05, 4.69) is 17.2 Å². The molecular formula is C25H32N4O2S. The second-order valence-corrected chi connectivity index (χ2v) is 12.1. The number of fused-ring (bicyclic) bond motifs is 1. The molecule has 0 aliphatic heterocycles. The number of nitrogens with one attached hydrogen (secondary N) is 3. The van der Waals surface area contributed by atoms with Gasteiger partial charge in [0.05, 0.1) is 9.73 Å². The summed E-state index contributed by atoms with van der Waals surface area (Å²) in [4.78, 5) is 16.5. The highest BCUT2D eigenvalue weighted by atomic mass is 32.2. The Hall–Kier alpha value is -2.54. The lowest BCUT2D eigenvalue weighted by atomic mass is 9.87. The number of rotatable bonds is 5. The predicted molar refractivity (Wildman–Crippen MR) is 131 cm³/mol. The maximum atomic E-state index is 13.2. The van der Waals surface area contributed by atoms with Crippen molar-refractivity contribution in [2.24, 2.45) is 13.0 Å². The Kier molecular flexibility index (Phi) is 5.19. The topological polar surface area (TPSA) is 90.7 Å². The van der Waals surface area contributed by atoms with Crippen LogP contribution in [0.3, 0.4) is 0 Å². The molecule has 6 nitrogen and oxygen atoms in total. The quantitative estimate of drug-likeness (QED) is 0.484. The molecule has 1 aromatic carbocycles. The highest BCUT2D eigenvalue weighted by Gasteiger charge is 2.34. The van der Waals surface area contributed by atoms with Crippen molar-refractivity contribution in [2.45, 2.75) is 68.6 Å². The van der Waals surface area contributed by atoms with Crippen molar-refractivity contribution in [3.05, 3.63) is 46.5 Å². The van der Waals surface area contributed by atoms with Crippen molar-refractivity contribution >= 4 is 26.3 Å². The van der Waals surface area contributed by atoms with Gasteiger partial charge in [-0.05, 0) is 75.6 Å². The van der Waals surface area contributed by atoms with Crippen LogP contribution in [-0.2, 0) is 16.8 Å². The van der Waals surface area contributed by atoms with Gasteiger partial charge in [0.25, 0.3) is 5.56 Å². The summed E-state index contributed by atoms with van der Waals surface area (Å²) in [5.74, 6) is 0.771. The highest BCUT2D eigenvalue weighted by Crippen LogP contribution is 2.40. The smallest absolute Gasteiger partial charge is 0.274 e. The average Bonchev–Trinajstić information content (AvgIpc) is 3.55. The number of benzene rings is 1. The number of pyridine rings is 1. The Bertz CT molecular complexity index is 1340. The number of hydrogen-bond acceptors (Lipinski definition) is 4. The molecule has 2 aliphatic rings. The molecule has 3 N–H and O–H groups in total. The number of aromatic amines is 1. The molecule has 3 aromatic rings. The fourth-order valence-electron chi connectivity index (χ4n) is 4.96. The molecule has 2 heterocycles. The van der Waals surface area contributed by atoms with Crippen LogP contribution in [0.4, 0.5) is 5.69 Å². The van der Waals surface area contributed by atoms with Crippen molar-refractivity contribution in [2.75, 3.05) is 5.32 Å². The fourth-order valence-corrected chi connectivity index (χ4v) is 6.71. The molecule has 2 fully saturated rings. The van der Waals surface area contributed by atoms with E-state index in [1.54, 1.807) is 11.6 Å². The lowest BCUT2D eigenvalue weighted by Crippen LogP contribution is -2.25. The SMILES string of the molecule is Cc1cc2c(-c3cc(S(=N)(=O)C4CC4)ccc3NC3CCC(C)CC3)cn(C)c(=O)c2[nH]1. The number of hydrogen-bond donors (Lipinski definition) is 3. The molecule has 0 spiro atoms. The predicted octanol–water partition coefficient (Wildman–Crippen LogP) is 5.40. The van der Waals surface area contributed by atoms with E-state index in [9.17, 15) is 9.00 Å². The lowest BCUT2D eigenvalue weighted by molar-refractivity contribution is 0.361. The Balaban J connectivity index is 1.67. The van der Waals surface area contributed by atoms with Crippen molar-refractivity contribution in [1.29, 1.82) is 4.78 Å². The van der Waals surface area contributed by atoms with Crippen LogP contribution in [0.15, 0.2) is 40.2 Å². The van der Waals surface area contributed by atoms with E-state index in [1.807, 2.05) is 37.4 Å². The van der Waals surface area contributed by atoms with Gasteiger partial charge in [0, 0.05) is 57.3 Å². The van der Waals surface area contributed by atoms with Crippen LogP contribution >= 0.6 is 0 Å². The molecule has 32 heavy (non-hydrogen) atoms. The zero-order chi connectivity index (χ0) is 22.6. The van der Waals surface area contributed by atoms with Crippen molar-refractivity contribution in [3.63, 3.8) is 0 Å². The molecule has 0 bridgehead atoms. The third-order valence-corrected chi connectivity index (χ3v) is 9.46. The summed E-state index contributed by atoms with van der Waals surface area (Å²) in [5.41, 5.74) is 4.27. The van der Waals surface area contributed by atoms with Gasteiger partial charge in [-0.1, -0.05) is 6.92 Å². The van der Waals surface area contributed by atoms with E-state index in [4.69, 9.17) is 4.78 Å². The summed E-state index contributed by atoms with van der Waals surface area (Å²) < 4.78 is 23.4. The van der Waals surface area contributed by atoms with Gasteiger partial charge in [-0.3, -0.25) is 4.79 Å². The average molecular weight is 453 g/mol. The summed E-state index contributed by atoms with van der Waals surface area (Å²) in [7, 11) is -1.06. The zero-order valence-electron chi connectivity index (χ0n) is 19.0. The molecule has 2 aromatic heterocycles. The maximum Gasteiger partial charge on any atom is 0.274 e. The van der Waals surface area contributed by atoms with E-state index in [-0.39, 0.29) is 10.8 Å². The number of anilines is 1. The molecule has 0 saturated heterocycles. The van der Waals surface area contributed by atoms with Gasteiger partial charge in [-0.25, -0.2) is 8.99 Å². The van der Waals surface area contributed by atoms with Gasteiger partial charge in [0.15, 0.2) is 0 Å². The van der Waals surface area contributed by atoms with E-state index in [0.29, 0.717) is 16.5 Å². The minimum atomic E-state index is -2.82. The molecule has 5 rings (SSSR count). The first-order valence-corrected chi connectivity index (χ1v) is 13.2. The second kappa shape index (κ2) is 7.80. The molecule has 2 saturated carbocycles. The Morgan fingerprint density at radius 2 is 1.81 bits per heavy atom. The number of aromatic nitrogens is 2. The van der Waals surface area contributed by atoms with Crippen molar-refractivity contribution in [1.82, 2.24) is 9.55 Å². The Labute approximate surface area is 189 Å². The van der Waals surface area contributed by atoms with E-state index in [1.165, 1.54) is 12.8 Å². The van der Waals surface area contributed by atoms with Crippen LogP contribution in [0.5, 0.6) is 0 Å².